The molecular weight excluding hydrogens is 352 g/mol. The van der Waals surface area contributed by atoms with Crippen LogP contribution >= 0.6 is 0 Å². The largest absolute Gasteiger partial charge is 0.344 e. The first-order chi connectivity index (χ1) is 14.3. The van der Waals surface area contributed by atoms with Gasteiger partial charge in [0.15, 0.2) is 0 Å². The summed E-state index contributed by atoms with van der Waals surface area (Å²) in [5.41, 5.74) is 7.27. The van der Waals surface area contributed by atoms with Gasteiger partial charge in [-0.2, -0.15) is 0 Å². The molecule has 146 valence electrons. The summed E-state index contributed by atoms with van der Waals surface area (Å²) in [6, 6.07) is 31.2. The van der Waals surface area contributed by atoms with Crippen LogP contribution in [0.4, 0.5) is 0 Å². The molecule has 1 unspecified atom stereocenters. The van der Waals surface area contributed by atoms with E-state index >= 15 is 0 Å². The average molecular weight is 381 g/mol. The number of hydrogen-bond donors (Lipinski definition) is 0. The summed E-state index contributed by atoms with van der Waals surface area (Å²) in [7, 11) is 0. The van der Waals surface area contributed by atoms with Gasteiger partial charge in [-0.25, -0.2) is 0 Å². The van der Waals surface area contributed by atoms with Crippen molar-refractivity contribution in [2.45, 2.75) is 45.4 Å². The summed E-state index contributed by atoms with van der Waals surface area (Å²) in [4.78, 5) is 2.63. The highest BCUT2D eigenvalue weighted by molar-refractivity contribution is 5.85. The normalized spacial score (nSPS) is 16.8. The number of fused-ring (bicyclic) bond motifs is 3. The summed E-state index contributed by atoms with van der Waals surface area (Å²) in [6.07, 6.45) is 2.19. The molecule has 0 saturated carbocycles. The zero-order valence-corrected chi connectivity index (χ0v) is 17.1. The van der Waals surface area contributed by atoms with Gasteiger partial charge in [0.1, 0.15) is 0 Å². The molecule has 1 aliphatic rings. The van der Waals surface area contributed by atoms with Crippen molar-refractivity contribution < 1.29 is 0 Å². The van der Waals surface area contributed by atoms with E-state index in [0.717, 1.165) is 32.5 Å². The Balaban J connectivity index is 1.47. The third-order valence-corrected chi connectivity index (χ3v) is 6.36. The lowest BCUT2D eigenvalue weighted by atomic mass is 9.98. The summed E-state index contributed by atoms with van der Waals surface area (Å²) >= 11 is 0. The van der Waals surface area contributed by atoms with Crippen molar-refractivity contribution in [3.05, 3.63) is 107 Å². The quantitative estimate of drug-likeness (QED) is 0.423. The standard InChI is InChI=1S/C27H28N2/c1-21-18-27-25(20-28(21)19-23-12-6-3-7-13-23)24-14-8-9-15-26(24)29(27)17-16-22-10-4-2-5-11-22/h2-15,21H,16-20H2,1H3. The van der Waals surface area contributed by atoms with Crippen molar-refractivity contribution in [1.82, 2.24) is 9.47 Å². The van der Waals surface area contributed by atoms with Gasteiger partial charge in [0.05, 0.1) is 0 Å². The number of aryl methyl sites for hydroxylation is 2. The maximum absolute atomic E-state index is 2.63. The van der Waals surface area contributed by atoms with E-state index in [1.807, 2.05) is 0 Å². The second-order valence-electron chi connectivity index (χ2n) is 8.27. The van der Waals surface area contributed by atoms with E-state index in [4.69, 9.17) is 0 Å². The number of nitrogens with zero attached hydrogens (tertiary/aromatic N) is 2. The fraction of sp³-hybridized carbons (Fsp3) is 0.259. The highest BCUT2D eigenvalue weighted by atomic mass is 15.2. The first kappa shape index (κ1) is 18.2. The van der Waals surface area contributed by atoms with Crippen LogP contribution in [-0.2, 0) is 32.5 Å². The molecule has 2 heteroatoms. The number of aromatic nitrogens is 1. The van der Waals surface area contributed by atoms with Crippen molar-refractivity contribution in [3.63, 3.8) is 0 Å². The number of para-hydroxylation sites is 1. The molecule has 5 rings (SSSR count). The Kier molecular flexibility index (Phi) is 4.95. The SMILES string of the molecule is CC1Cc2c(c3ccccc3n2CCc2ccccc2)CN1Cc1ccccc1. The lowest BCUT2D eigenvalue weighted by Crippen LogP contribution is -2.38. The van der Waals surface area contributed by atoms with Gasteiger partial charge in [-0.15, -0.1) is 0 Å². The Morgan fingerprint density at radius 1 is 0.793 bits per heavy atom. The Labute approximate surface area is 173 Å². The lowest BCUT2D eigenvalue weighted by molar-refractivity contribution is 0.173. The molecule has 0 bridgehead atoms. The number of hydrogen-bond acceptors (Lipinski definition) is 1. The molecule has 0 radical (unpaired) electrons. The third-order valence-electron chi connectivity index (χ3n) is 6.36. The van der Waals surface area contributed by atoms with Crippen LogP contribution in [0.3, 0.4) is 0 Å². The maximum Gasteiger partial charge on any atom is 0.0486 e. The Bertz CT molecular complexity index is 1100. The van der Waals surface area contributed by atoms with E-state index in [-0.39, 0.29) is 0 Å². The minimum atomic E-state index is 0.544. The molecule has 1 atom stereocenters. The Morgan fingerprint density at radius 3 is 2.21 bits per heavy atom. The molecule has 0 amide bonds. The Morgan fingerprint density at radius 2 is 1.45 bits per heavy atom. The van der Waals surface area contributed by atoms with Crippen LogP contribution in [0.5, 0.6) is 0 Å². The molecule has 0 fully saturated rings. The number of benzene rings is 3. The van der Waals surface area contributed by atoms with Crippen LogP contribution < -0.4 is 0 Å². The molecule has 29 heavy (non-hydrogen) atoms. The van der Waals surface area contributed by atoms with Crippen LogP contribution in [0.1, 0.15) is 29.3 Å². The zero-order chi connectivity index (χ0) is 19.6. The fourth-order valence-electron chi connectivity index (χ4n) is 4.78. The molecule has 2 nitrogen and oxygen atoms in total. The van der Waals surface area contributed by atoms with Gasteiger partial charge >= 0.3 is 0 Å². The van der Waals surface area contributed by atoms with Crippen LogP contribution in [0.15, 0.2) is 84.9 Å². The van der Waals surface area contributed by atoms with Crippen molar-refractivity contribution >= 4 is 10.9 Å². The second kappa shape index (κ2) is 7.88. The summed E-state index contributed by atoms with van der Waals surface area (Å²) in [5, 5.41) is 1.43. The van der Waals surface area contributed by atoms with E-state index in [1.54, 1.807) is 5.69 Å². The van der Waals surface area contributed by atoms with Gasteiger partial charge in [-0.3, -0.25) is 4.90 Å². The van der Waals surface area contributed by atoms with Crippen molar-refractivity contribution in [2.24, 2.45) is 0 Å². The van der Waals surface area contributed by atoms with Crippen molar-refractivity contribution in [3.8, 4) is 0 Å². The van der Waals surface area contributed by atoms with E-state index in [0.29, 0.717) is 6.04 Å². The van der Waals surface area contributed by atoms with Crippen LogP contribution in [-0.4, -0.2) is 15.5 Å². The van der Waals surface area contributed by atoms with E-state index < -0.39 is 0 Å². The molecule has 1 aromatic heterocycles. The van der Waals surface area contributed by atoms with E-state index in [9.17, 15) is 0 Å². The monoisotopic (exact) mass is 380 g/mol. The smallest absolute Gasteiger partial charge is 0.0486 e. The first-order valence-corrected chi connectivity index (χ1v) is 10.7. The molecule has 0 N–H and O–H groups in total. The number of rotatable bonds is 5. The molecular formula is C27H28N2. The van der Waals surface area contributed by atoms with Crippen molar-refractivity contribution in [1.29, 1.82) is 0 Å². The van der Waals surface area contributed by atoms with Crippen LogP contribution in [0.2, 0.25) is 0 Å². The molecule has 1 aliphatic heterocycles. The van der Waals surface area contributed by atoms with Gasteiger partial charge in [0, 0.05) is 48.7 Å². The van der Waals surface area contributed by atoms with Crippen LogP contribution in [0, 0.1) is 0 Å². The first-order valence-electron chi connectivity index (χ1n) is 10.7. The molecule has 3 aromatic carbocycles. The topological polar surface area (TPSA) is 8.17 Å². The highest BCUT2D eigenvalue weighted by Crippen LogP contribution is 2.34. The third kappa shape index (κ3) is 3.61. The molecule has 0 saturated heterocycles. The second-order valence-corrected chi connectivity index (χ2v) is 8.27. The summed E-state index contributed by atoms with van der Waals surface area (Å²) in [5.74, 6) is 0. The lowest BCUT2D eigenvalue weighted by Gasteiger charge is -2.34. The molecule has 0 aliphatic carbocycles. The van der Waals surface area contributed by atoms with Gasteiger partial charge in [0.25, 0.3) is 0 Å². The minimum Gasteiger partial charge on any atom is -0.344 e. The van der Waals surface area contributed by atoms with Gasteiger partial charge in [-0.1, -0.05) is 78.9 Å². The zero-order valence-electron chi connectivity index (χ0n) is 17.1. The van der Waals surface area contributed by atoms with E-state index in [1.165, 1.54) is 27.6 Å². The predicted molar refractivity (Wildman–Crippen MR) is 121 cm³/mol. The van der Waals surface area contributed by atoms with Crippen LogP contribution in [0.25, 0.3) is 10.9 Å². The van der Waals surface area contributed by atoms with Gasteiger partial charge in [-0.05, 0) is 36.1 Å². The highest BCUT2D eigenvalue weighted by Gasteiger charge is 2.28. The molecule has 2 heterocycles. The summed E-state index contributed by atoms with van der Waals surface area (Å²) < 4.78 is 2.59. The molecule has 0 spiro atoms. The van der Waals surface area contributed by atoms with Gasteiger partial charge < -0.3 is 4.57 Å². The van der Waals surface area contributed by atoms with E-state index in [2.05, 4.69) is 101 Å². The minimum absolute atomic E-state index is 0.544. The van der Waals surface area contributed by atoms with Gasteiger partial charge in [0.2, 0.25) is 0 Å². The Hall–Kier alpha value is -2.84. The van der Waals surface area contributed by atoms with Crippen molar-refractivity contribution in [2.75, 3.05) is 0 Å². The maximum atomic E-state index is 2.63. The summed E-state index contributed by atoms with van der Waals surface area (Å²) in [6.45, 7) is 5.48. The average Bonchev–Trinajstić information content (AvgIpc) is 3.06. The molecule has 4 aromatic rings. The fourth-order valence-corrected chi connectivity index (χ4v) is 4.78. The predicted octanol–water partition coefficient (Wildman–Crippen LogP) is 5.83.